The molecule has 0 aliphatic carbocycles. The van der Waals surface area contributed by atoms with Crippen LogP contribution in [0.15, 0.2) is 23.1 Å². The predicted octanol–water partition coefficient (Wildman–Crippen LogP) is 2.02. The number of amides is 4. The van der Waals surface area contributed by atoms with Crippen LogP contribution in [0, 0.1) is 0 Å². The lowest BCUT2D eigenvalue weighted by Gasteiger charge is -2.29. The lowest BCUT2D eigenvalue weighted by Crippen LogP contribution is -2.51. The standard InChI is InChI=1S/C21H21N3O6S2/c1-21-5-4-17(25)24(21)13(10-31-21)18(26)22-6-7-23-19(27)16(32-20(23)28)9-12-2-3-14-15(8-12)30-11-29-14/h2-3,8-9,13H,4-7,10-11H2,1H3,(H,22,26)/b16-9-/t13-,21-/m0/s1. The van der Waals surface area contributed by atoms with Gasteiger partial charge in [0.15, 0.2) is 11.5 Å². The molecule has 0 aromatic heterocycles. The molecule has 1 N–H and O–H groups in total. The van der Waals surface area contributed by atoms with E-state index >= 15 is 0 Å². The summed E-state index contributed by atoms with van der Waals surface area (Å²) in [4.78, 5) is 52.7. The van der Waals surface area contributed by atoms with Gasteiger partial charge in [0.25, 0.3) is 11.1 Å². The van der Waals surface area contributed by atoms with E-state index in [4.69, 9.17) is 9.47 Å². The van der Waals surface area contributed by atoms with Crippen molar-refractivity contribution < 1.29 is 28.7 Å². The molecule has 0 radical (unpaired) electrons. The number of imide groups is 1. The van der Waals surface area contributed by atoms with E-state index in [2.05, 4.69) is 5.32 Å². The summed E-state index contributed by atoms with van der Waals surface area (Å²) in [5.41, 5.74) is 0.727. The molecule has 0 unspecified atom stereocenters. The molecule has 4 aliphatic rings. The zero-order valence-electron chi connectivity index (χ0n) is 17.3. The van der Waals surface area contributed by atoms with Crippen LogP contribution in [0.5, 0.6) is 11.5 Å². The summed E-state index contributed by atoms with van der Waals surface area (Å²) in [6, 6.07) is 4.78. The largest absolute Gasteiger partial charge is 0.454 e. The summed E-state index contributed by atoms with van der Waals surface area (Å²) in [6.07, 6.45) is 2.84. The fourth-order valence-electron chi connectivity index (χ4n) is 4.27. The highest BCUT2D eigenvalue weighted by Gasteiger charge is 2.52. The molecule has 9 nitrogen and oxygen atoms in total. The van der Waals surface area contributed by atoms with E-state index in [0.717, 1.165) is 28.6 Å². The van der Waals surface area contributed by atoms with Crippen molar-refractivity contribution in [2.24, 2.45) is 0 Å². The topological polar surface area (TPSA) is 105 Å². The Labute approximate surface area is 192 Å². The second-order valence-electron chi connectivity index (χ2n) is 8.00. The Morgan fingerprint density at radius 2 is 2.09 bits per heavy atom. The first-order valence-electron chi connectivity index (χ1n) is 10.2. The van der Waals surface area contributed by atoms with Gasteiger partial charge in [0.05, 0.1) is 9.78 Å². The third-order valence-corrected chi connectivity index (χ3v) is 8.36. The van der Waals surface area contributed by atoms with Crippen LogP contribution in [-0.4, -0.2) is 69.3 Å². The molecule has 11 heteroatoms. The second-order valence-corrected chi connectivity index (χ2v) is 10.5. The van der Waals surface area contributed by atoms with Gasteiger partial charge < -0.3 is 19.7 Å². The van der Waals surface area contributed by atoms with Gasteiger partial charge in [-0.3, -0.25) is 24.1 Å². The van der Waals surface area contributed by atoms with E-state index in [9.17, 15) is 19.2 Å². The monoisotopic (exact) mass is 475 g/mol. The van der Waals surface area contributed by atoms with Gasteiger partial charge in [0.2, 0.25) is 18.6 Å². The SMILES string of the molecule is C[C@]12CCC(=O)N1[C@H](C(=O)NCCN1C(=O)S/C(=C\c3ccc4c(c3)OCO4)C1=O)CS2. The van der Waals surface area contributed by atoms with Crippen LogP contribution >= 0.6 is 23.5 Å². The highest BCUT2D eigenvalue weighted by molar-refractivity contribution is 8.18. The summed E-state index contributed by atoms with van der Waals surface area (Å²) in [7, 11) is 0. The van der Waals surface area contributed by atoms with Gasteiger partial charge in [0.1, 0.15) is 6.04 Å². The van der Waals surface area contributed by atoms with Crippen LogP contribution in [0.3, 0.4) is 0 Å². The van der Waals surface area contributed by atoms with E-state index in [0.29, 0.717) is 28.6 Å². The molecule has 2 atom stereocenters. The highest BCUT2D eigenvalue weighted by atomic mass is 32.2. The molecule has 4 aliphatic heterocycles. The Balaban J connectivity index is 1.18. The van der Waals surface area contributed by atoms with Gasteiger partial charge in [-0.2, -0.15) is 0 Å². The van der Waals surface area contributed by atoms with E-state index in [-0.39, 0.29) is 41.8 Å². The average Bonchev–Trinajstić information content (AvgIpc) is 3.49. The summed E-state index contributed by atoms with van der Waals surface area (Å²) < 4.78 is 10.6. The third-order valence-electron chi connectivity index (χ3n) is 5.95. The predicted molar refractivity (Wildman–Crippen MR) is 119 cm³/mol. The lowest BCUT2D eigenvalue weighted by molar-refractivity contribution is -0.137. The number of thioether (sulfide) groups is 2. The maximum absolute atomic E-state index is 12.7. The van der Waals surface area contributed by atoms with Crippen LogP contribution in [0.2, 0.25) is 0 Å². The highest BCUT2D eigenvalue weighted by Crippen LogP contribution is 2.47. The molecule has 0 saturated carbocycles. The Hall–Kier alpha value is -2.66. The number of nitrogens with zero attached hydrogens (tertiary/aromatic N) is 2. The number of hydrogen-bond acceptors (Lipinski definition) is 8. The van der Waals surface area contributed by atoms with Gasteiger partial charge in [-0.25, -0.2) is 0 Å². The Morgan fingerprint density at radius 1 is 1.28 bits per heavy atom. The van der Waals surface area contributed by atoms with Gasteiger partial charge >= 0.3 is 0 Å². The first kappa shape index (κ1) is 21.2. The Kier molecular flexibility index (Phi) is 5.32. The van der Waals surface area contributed by atoms with Crippen molar-refractivity contribution >= 4 is 52.6 Å². The smallest absolute Gasteiger partial charge is 0.293 e. The second kappa shape index (κ2) is 8.04. The minimum absolute atomic E-state index is 0.00255. The molecular formula is C21H21N3O6S2. The lowest BCUT2D eigenvalue weighted by atomic mass is 10.2. The summed E-state index contributed by atoms with van der Waals surface area (Å²) >= 11 is 2.49. The van der Waals surface area contributed by atoms with Crippen molar-refractivity contribution in [2.45, 2.75) is 30.7 Å². The number of carbonyl (C=O) groups is 4. The van der Waals surface area contributed by atoms with Crippen molar-refractivity contribution in [2.75, 3.05) is 25.6 Å². The molecule has 4 amide bonds. The van der Waals surface area contributed by atoms with E-state index < -0.39 is 11.9 Å². The number of hydrogen-bond donors (Lipinski definition) is 1. The zero-order valence-corrected chi connectivity index (χ0v) is 18.9. The molecule has 32 heavy (non-hydrogen) atoms. The first-order valence-corrected chi connectivity index (χ1v) is 12.0. The molecule has 3 saturated heterocycles. The van der Waals surface area contributed by atoms with Gasteiger partial charge in [-0.05, 0) is 48.9 Å². The van der Waals surface area contributed by atoms with Crippen LogP contribution in [-0.2, 0) is 14.4 Å². The van der Waals surface area contributed by atoms with E-state index in [1.54, 1.807) is 40.9 Å². The molecule has 5 rings (SSSR count). The van der Waals surface area contributed by atoms with Crippen molar-refractivity contribution in [1.29, 1.82) is 0 Å². The minimum Gasteiger partial charge on any atom is -0.454 e. The Bertz CT molecular complexity index is 1060. The molecule has 168 valence electrons. The number of fused-ring (bicyclic) bond motifs is 2. The van der Waals surface area contributed by atoms with Crippen molar-refractivity contribution in [3.63, 3.8) is 0 Å². The third kappa shape index (κ3) is 3.62. The first-order chi connectivity index (χ1) is 15.4. The minimum atomic E-state index is -0.513. The van der Waals surface area contributed by atoms with Crippen LogP contribution in [0.4, 0.5) is 4.79 Å². The normalized spacial score (nSPS) is 27.6. The average molecular weight is 476 g/mol. The fourth-order valence-corrected chi connectivity index (χ4v) is 6.57. The molecular weight excluding hydrogens is 454 g/mol. The molecule has 0 bridgehead atoms. The maximum atomic E-state index is 12.7. The summed E-state index contributed by atoms with van der Waals surface area (Å²) in [6.45, 7) is 2.35. The van der Waals surface area contributed by atoms with Crippen LogP contribution in [0.1, 0.15) is 25.3 Å². The zero-order chi connectivity index (χ0) is 22.5. The number of benzene rings is 1. The summed E-state index contributed by atoms with van der Waals surface area (Å²) in [5, 5.41) is 2.40. The number of rotatable bonds is 5. The quantitative estimate of drug-likeness (QED) is 0.645. The van der Waals surface area contributed by atoms with E-state index in [1.807, 2.05) is 6.92 Å². The number of nitrogens with one attached hydrogen (secondary N) is 1. The maximum Gasteiger partial charge on any atom is 0.293 e. The van der Waals surface area contributed by atoms with Crippen LogP contribution < -0.4 is 14.8 Å². The number of ether oxygens (including phenoxy) is 2. The van der Waals surface area contributed by atoms with Crippen molar-refractivity contribution in [3.8, 4) is 11.5 Å². The van der Waals surface area contributed by atoms with Gasteiger partial charge in [-0.15, -0.1) is 11.8 Å². The fraction of sp³-hybridized carbons (Fsp3) is 0.429. The summed E-state index contributed by atoms with van der Waals surface area (Å²) in [5.74, 6) is 1.14. The van der Waals surface area contributed by atoms with Crippen LogP contribution in [0.25, 0.3) is 6.08 Å². The van der Waals surface area contributed by atoms with Crippen molar-refractivity contribution in [1.82, 2.24) is 15.1 Å². The number of carbonyl (C=O) groups excluding carboxylic acids is 4. The van der Waals surface area contributed by atoms with E-state index in [1.165, 1.54) is 0 Å². The molecule has 4 heterocycles. The Morgan fingerprint density at radius 3 is 2.94 bits per heavy atom. The van der Waals surface area contributed by atoms with Gasteiger partial charge in [0, 0.05) is 25.3 Å². The van der Waals surface area contributed by atoms with Crippen molar-refractivity contribution in [3.05, 3.63) is 28.7 Å². The molecule has 1 aromatic rings. The molecule has 3 fully saturated rings. The molecule has 0 spiro atoms. The van der Waals surface area contributed by atoms with Gasteiger partial charge in [-0.1, -0.05) is 6.07 Å². The molecule has 1 aromatic carbocycles.